The second-order valence-corrected chi connectivity index (χ2v) is 9.38. The third kappa shape index (κ3) is 5.19. The van der Waals surface area contributed by atoms with Crippen LogP contribution in [0.1, 0.15) is 32.7 Å². The first-order valence-electron chi connectivity index (χ1n) is 11.9. The lowest BCUT2D eigenvalue weighted by atomic mass is 10.0. The zero-order valence-electron chi connectivity index (χ0n) is 20.3. The molecule has 6 nitrogen and oxygen atoms in total. The minimum Gasteiger partial charge on any atom is -0.438 e. The Kier molecular flexibility index (Phi) is 6.87. The number of aromatic nitrogens is 2. The minimum absolute atomic E-state index is 0.0515. The number of hydrogen-bond donors (Lipinski definition) is 0. The smallest absolute Gasteiger partial charge is 0.254 e. The highest BCUT2D eigenvalue weighted by atomic mass is 35.5. The molecule has 1 aromatic heterocycles. The topological polar surface area (TPSA) is 58.6 Å². The van der Waals surface area contributed by atoms with Gasteiger partial charge in [-0.2, -0.15) is 4.98 Å². The quantitative estimate of drug-likeness (QED) is 0.323. The molecule has 3 aromatic carbocycles. The Morgan fingerprint density at radius 1 is 1.00 bits per heavy atom. The van der Waals surface area contributed by atoms with Crippen LogP contribution < -0.4 is 9.64 Å². The van der Waals surface area contributed by atoms with Gasteiger partial charge in [0.05, 0.1) is 17.8 Å². The van der Waals surface area contributed by atoms with Gasteiger partial charge in [0, 0.05) is 37.1 Å². The molecule has 36 heavy (non-hydrogen) atoms. The number of ether oxygens (including phenoxy) is 1. The van der Waals surface area contributed by atoms with Gasteiger partial charge in [0.1, 0.15) is 5.75 Å². The molecule has 0 saturated heterocycles. The Labute approximate surface area is 216 Å². The van der Waals surface area contributed by atoms with Crippen LogP contribution in [-0.4, -0.2) is 34.4 Å². The number of aryl methyl sites for hydroxylation is 1. The third-order valence-electron chi connectivity index (χ3n) is 6.29. The van der Waals surface area contributed by atoms with E-state index in [0.717, 1.165) is 22.6 Å². The van der Waals surface area contributed by atoms with E-state index in [9.17, 15) is 4.79 Å². The summed E-state index contributed by atoms with van der Waals surface area (Å²) in [6.07, 6.45) is 0.619. The Hall–Kier alpha value is -3.90. The zero-order chi connectivity index (χ0) is 25.1. The number of fused-ring (bicyclic) bond motifs is 1. The van der Waals surface area contributed by atoms with E-state index >= 15 is 0 Å². The molecule has 2 heterocycles. The van der Waals surface area contributed by atoms with E-state index in [1.165, 1.54) is 5.56 Å². The van der Waals surface area contributed by atoms with E-state index in [0.29, 0.717) is 48.5 Å². The summed E-state index contributed by atoms with van der Waals surface area (Å²) >= 11 is 6.01. The van der Waals surface area contributed by atoms with E-state index < -0.39 is 0 Å². The number of hydrogen-bond acceptors (Lipinski definition) is 5. The highest BCUT2D eigenvalue weighted by Crippen LogP contribution is 2.33. The van der Waals surface area contributed by atoms with Crippen LogP contribution in [0.5, 0.6) is 11.6 Å². The minimum atomic E-state index is -0.0515. The van der Waals surface area contributed by atoms with Gasteiger partial charge in [-0.05, 0) is 48.4 Å². The maximum absolute atomic E-state index is 13.2. The van der Waals surface area contributed by atoms with Gasteiger partial charge in [-0.15, -0.1) is 0 Å². The van der Waals surface area contributed by atoms with Crippen LogP contribution in [0.3, 0.4) is 0 Å². The lowest BCUT2D eigenvalue weighted by molar-refractivity contribution is 0.0732. The molecule has 7 heteroatoms. The Bertz CT molecular complexity index is 1380. The number of rotatable bonds is 6. The van der Waals surface area contributed by atoms with Gasteiger partial charge in [-0.3, -0.25) is 4.79 Å². The molecule has 0 aliphatic carbocycles. The van der Waals surface area contributed by atoms with Gasteiger partial charge in [0.2, 0.25) is 11.8 Å². The fourth-order valence-corrected chi connectivity index (χ4v) is 4.40. The number of halogens is 1. The summed E-state index contributed by atoms with van der Waals surface area (Å²) in [6, 6.07) is 25.0. The number of carbonyl (C=O) groups is 1. The molecule has 0 fully saturated rings. The predicted octanol–water partition coefficient (Wildman–Crippen LogP) is 6.07. The summed E-state index contributed by atoms with van der Waals surface area (Å²) in [5.74, 6) is 1.76. The zero-order valence-corrected chi connectivity index (χ0v) is 21.1. The molecule has 1 aliphatic heterocycles. The Morgan fingerprint density at radius 2 is 1.72 bits per heavy atom. The molecular weight excluding hydrogens is 472 g/mol. The van der Waals surface area contributed by atoms with E-state index in [2.05, 4.69) is 12.1 Å². The van der Waals surface area contributed by atoms with Crippen molar-refractivity contribution in [3.8, 4) is 11.6 Å². The van der Waals surface area contributed by atoms with E-state index in [1.807, 2.05) is 66.2 Å². The van der Waals surface area contributed by atoms with Gasteiger partial charge in [-0.1, -0.05) is 60.1 Å². The normalized spacial score (nSPS) is 12.7. The third-order valence-corrected chi connectivity index (χ3v) is 6.55. The predicted molar refractivity (Wildman–Crippen MR) is 142 cm³/mol. The number of amides is 1. The number of anilines is 1. The maximum atomic E-state index is 13.2. The van der Waals surface area contributed by atoms with Gasteiger partial charge in [0.25, 0.3) is 5.91 Å². The first-order valence-corrected chi connectivity index (χ1v) is 12.3. The van der Waals surface area contributed by atoms with E-state index in [4.69, 9.17) is 26.3 Å². The van der Waals surface area contributed by atoms with Crippen molar-refractivity contribution < 1.29 is 9.53 Å². The molecule has 0 saturated carbocycles. The largest absolute Gasteiger partial charge is 0.438 e. The SMILES string of the molecule is Cc1ccccc1Oc1nc(N(C)Cc2ccccc2)nc2c1CN(C(=O)c1ccc(Cl)cc1)CC2. The average molecular weight is 499 g/mol. The summed E-state index contributed by atoms with van der Waals surface area (Å²) < 4.78 is 6.36. The standard InChI is InChI=1S/C29H27ClN4O2/c1-20-8-6-7-11-26(20)36-27-24-19-34(28(35)22-12-14-23(30)15-13-22)17-16-25(24)31-29(32-27)33(2)18-21-9-4-3-5-10-21/h3-15H,16-19H2,1-2H3. The van der Waals surface area contributed by atoms with Crippen LogP contribution in [0.25, 0.3) is 0 Å². The summed E-state index contributed by atoms with van der Waals surface area (Å²) in [4.78, 5) is 26.8. The van der Waals surface area contributed by atoms with Gasteiger partial charge >= 0.3 is 0 Å². The highest BCUT2D eigenvalue weighted by Gasteiger charge is 2.28. The van der Waals surface area contributed by atoms with Crippen LogP contribution >= 0.6 is 11.6 Å². The number of para-hydroxylation sites is 1. The summed E-state index contributed by atoms with van der Waals surface area (Å²) in [7, 11) is 1.98. The lowest BCUT2D eigenvalue weighted by Crippen LogP contribution is -2.37. The Balaban J connectivity index is 1.48. The molecule has 0 bridgehead atoms. The first kappa shape index (κ1) is 23.8. The van der Waals surface area contributed by atoms with Crippen molar-refractivity contribution >= 4 is 23.5 Å². The van der Waals surface area contributed by atoms with Crippen molar-refractivity contribution in [2.24, 2.45) is 0 Å². The fraction of sp³-hybridized carbons (Fsp3) is 0.207. The van der Waals surface area contributed by atoms with E-state index in [-0.39, 0.29) is 5.91 Å². The van der Waals surface area contributed by atoms with Crippen molar-refractivity contribution in [2.45, 2.75) is 26.4 Å². The monoisotopic (exact) mass is 498 g/mol. The summed E-state index contributed by atoms with van der Waals surface area (Å²) in [6.45, 7) is 3.62. The van der Waals surface area contributed by atoms with Crippen molar-refractivity contribution in [3.63, 3.8) is 0 Å². The van der Waals surface area contributed by atoms with Crippen molar-refractivity contribution in [1.29, 1.82) is 0 Å². The van der Waals surface area contributed by atoms with Crippen LogP contribution in [0.15, 0.2) is 78.9 Å². The summed E-state index contributed by atoms with van der Waals surface area (Å²) in [5.41, 5.74) is 4.52. The van der Waals surface area contributed by atoms with Crippen LogP contribution in [0.4, 0.5) is 5.95 Å². The van der Waals surface area contributed by atoms with Crippen LogP contribution in [0.2, 0.25) is 5.02 Å². The lowest BCUT2D eigenvalue weighted by Gasteiger charge is -2.30. The molecule has 0 unspecified atom stereocenters. The molecule has 4 aromatic rings. The van der Waals surface area contributed by atoms with E-state index in [1.54, 1.807) is 24.3 Å². The second kappa shape index (κ2) is 10.4. The second-order valence-electron chi connectivity index (χ2n) is 8.95. The molecule has 0 atom stereocenters. The number of benzene rings is 3. The van der Waals surface area contributed by atoms with Gasteiger partial charge in [0.15, 0.2) is 0 Å². The molecular formula is C29H27ClN4O2. The summed E-state index contributed by atoms with van der Waals surface area (Å²) in [5, 5.41) is 0.602. The average Bonchev–Trinajstić information content (AvgIpc) is 2.90. The van der Waals surface area contributed by atoms with Crippen LogP contribution in [-0.2, 0) is 19.5 Å². The molecule has 182 valence electrons. The number of carbonyl (C=O) groups excluding carboxylic acids is 1. The fourth-order valence-electron chi connectivity index (χ4n) is 4.28. The van der Waals surface area contributed by atoms with Gasteiger partial charge in [-0.25, -0.2) is 4.98 Å². The number of nitrogens with zero attached hydrogens (tertiary/aromatic N) is 4. The maximum Gasteiger partial charge on any atom is 0.254 e. The molecule has 1 amide bonds. The molecule has 0 N–H and O–H groups in total. The molecule has 0 spiro atoms. The molecule has 0 radical (unpaired) electrons. The van der Waals surface area contributed by atoms with Crippen molar-refractivity contribution in [2.75, 3.05) is 18.5 Å². The van der Waals surface area contributed by atoms with Gasteiger partial charge < -0.3 is 14.5 Å². The van der Waals surface area contributed by atoms with Crippen molar-refractivity contribution in [1.82, 2.24) is 14.9 Å². The van der Waals surface area contributed by atoms with Crippen LogP contribution in [0, 0.1) is 6.92 Å². The molecule has 1 aliphatic rings. The highest BCUT2D eigenvalue weighted by molar-refractivity contribution is 6.30. The van der Waals surface area contributed by atoms with Crippen molar-refractivity contribution in [3.05, 3.63) is 112 Å². The Morgan fingerprint density at radius 3 is 2.47 bits per heavy atom. The first-order chi connectivity index (χ1) is 17.5. The molecule has 5 rings (SSSR count).